The Labute approximate surface area is 170 Å². The monoisotopic (exact) mass is 372 g/mol. The van der Waals surface area contributed by atoms with Crippen LogP contribution in [0.3, 0.4) is 0 Å². The Morgan fingerprint density at radius 3 is 1.93 bits per heavy atom. The van der Waals surface area contributed by atoms with Crippen LogP contribution in [-0.2, 0) is 6.54 Å². The zero-order chi connectivity index (χ0) is 21.8. The fourth-order valence-electron chi connectivity index (χ4n) is 2.04. The Morgan fingerprint density at radius 1 is 0.926 bits per heavy atom. The number of allylic oxidation sites excluding steroid dienone is 2. The molecular weight excluding hydrogens is 328 g/mol. The largest absolute Gasteiger partial charge is 0.330 e. The van der Waals surface area contributed by atoms with Crippen LogP contribution < -0.4 is 0 Å². The molecule has 0 saturated carbocycles. The van der Waals surface area contributed by atoms with Crippen molar-refractivity contribution in [1.82, 2.24) is 9.55 Å². The van der Waals surface area contributed by atoms with Crippen molar-refractivity contribution in [2.75, 3.05) is 0 Å². The third-order valence-electron chi connectivity index (χ3n) is 3.45. The van der Waals surface area contributed by atoms with Gasteiger partial charge in [-0.25, -0.2) is 4.98 Å². The van der Waals surface area contributed by atoms with Crippen molar-refractivity contribution in [2.45, 2.75) is 82.7 Å². The topological polar surface area (TPSA) is 17.8 Å². The average molecular weight is 373 g/mol. The first kappa shape index (κ1) is 29.7. The van der Waals surface area contributed by atoms with Crippen molar-refractivity contribution in [3.05, 3.63) is 71.3 Å². The summed E-state index contributed by atoms with van der Waals surface area (Å²) in [6, 6.07) is 6.57. The lowest BCUT2D eigenvalue weighted by atomic mass is 10.0. The van der Waals surface area contributed by atoms with E-state index in [0.717, 1.165) is 12.2 Å². The lowest BCUT2D eigenvalue weighted by molar-refractivity contribution is 0.768. The maximum atomic E-state index is 4.34. The molecule has 0 aliphatic heterocycles. The van der Waals surface area contributed by atoms with E-state index < -0.39 is 0 Å². The molecule has 0 amide bonds. The lowest BCUT2D eigenvalue weighted by Crippen LogP contribution is -2.01. The average Bonchev–Trinajstić information content (AvgIpc) is 3.06. The number of rotatable bonds is 4. The highest BCUT2D eigenvalue weighted by Gasteiger charge is 2.04. The molecule has 0 atom stereocenters. The predicted octanol–water partition coefficient (Wildman–Crippen LogP) is 8.16. The fourth-order valence-corrected chi connectivity index (χ4v) is 2.04. The standard InChI is InChI=1S/C17H20N2.4C2H6/c1-5-6-7-17-10-16(9-8-13(17)2)11-19-12-18-14(3)15(19)4;4*1-2/h5-10,12H,1,11H2,2-4H3;4*1-2H3/b7-6-;;;;. The van der Waals surface area contributed by atoms with Gasteiger partial charge in [-0.3, -0.25) is 0 Å². The number of nitrogens with zero attached hydrogens (tertiary/aromatic N) is 2. The van der Waals surface area contributed by atoms with Gasteiger partial charge in [-0.1, -0.05) is 92.3 Å². The van der Waals surface area contributed by atoms with Crippen LogP contribution >= 0.6 is 0 Å². The third-order valence-corrected chi connectivity index (χ3v) is 3.45. The van der Waals surface area contributed by atoms with Crippen molar-refractivity contribution in [3.8, 4) is 0 Å². The zero-order valence-corrected chi connectivity index (χ0v) is 19.9. The third kappa shape index (κ3) is 11.3. The van der Waals surface area contributed by atoms with Gasteiger partial charge in [0.05, 0.1) is 12.0 Å². The Morgan fingerprint density at radius 2 is 1.48 bits per heavy atom. The van der Waals surface area contributed by atoms with E-state index in [2.05, 4.69) is 54.3 Å². The van der Waals surface area contributed by atoms with Gasteiger partial charge in [-0.05, 0) is 43.5 Å². The highest BCUT2D eigenvalue weighted by molar-refractivity contribution is 5.56. The molecule has 27 heavy (non-hydrogen) atoms. The fraction of sp³-hybridized carbons (Fsp3) is 0.480. The maximum absolute atomic E-state index is 4.34. The van der Waals surface area contributed by atoms with E-state index in [4.69, 9.17) is 0 Å². The highest BCUT2D eigenvalue weighted by atomic mass is 15.0. The molecule has 1 aromatic heterocycles. The van der Waals surface area contributed by atoms with Crippen LogP contribution in [0, 0.1) is 20.8 Å². The van der Waals surface area contributed by atoms with Gasteiger partial charge in [-0.15, -0.1) is 0 Å². The molecule has 0 radical (unpaired) electrons. The van der Waals surface area contributed by atoms with Gasteiger partial charge in [-0.2, -0.15) is 0 Å². The van der Waals surface area contributed by atoms with Gasteiger partial charge in [0.1, 0.15) is 0 Å². The summed E-state index contributed by atoms with van der Waals surface area (Å²) in [5, 5.41) is 0. The van der Waals surface area contributed by atoms with E-state index in [1.807, 2.05) is 74.7 Å². The van der Waals surface area contributed by atoms with Gasteiger partial charge < -0.3 is 4.57 Å². The van der Waals surface area contributed by atoms with Crippen molar-refractivity contribution in [1.29, 1.82) is 0 Å². The van der Waals surface area contributed by atoms with E-state index in [-0.39, 0.29) is 0 Å². The smallest absolute Gasteiger partial charge is 0.0954 e. The van der Waals surface area contributed by atoms with E-state index in [0.29, 0.717) is 0 Å². The molecule has 1 aromatic carbocycles. The van der Waals surface area contributed by atoms with Crippen LogP contribution in [0.2, 0.25) is 0 Å². The summed E-state index contributed by atoms with van der Waals surface area (Å²) in [7, 11) is 0. The van der Waals surface area contributed by atoms with Gasteiger partial charge in [0.2, 0.25) is 0 Å². The summed E-state index contributed by atoms with van der Waals surface area (Å²) in [5.74, 6) is 0. The summed E-state index contributed by atoms with van der Waals surface area (Å²) in [6.07, 6.45) is 7.77. The van der Waals surface area contributed by atoms with Crippen LogP contribution in [0.1, 0.15) is 83.5 Å². The second-order valence-electron chi connectivity index (χ2n) is 4.83. The van der Waals surface area contributed by atoms with E-state index >= 15 is 0 Å². The second kappa shape index (κ2) is 20.2. The van der Waals surface area contributed by atoms with Crippen LogP contribution in [-0.4, -0.2) is 9.55 Å². The van der Waals surface area contributed by atoms with Crippen molar-refractivity contribution < 1.29 is 0 Å². The Kier molecular flexibility index (Phi) is 22.2. The molecule has 0 saturated heterocycles. The number of benzene rings is 1. The molecule has 2 nitrogen and oxygen atoms in total. The van der Waals surface area contributed by atoms with Crippen LogP contribution in [0.4, 0.5) is 0 Å². The molecule has 0 fully saturated rings. The molecule has 0 aliphatic carbocycles. The highest BCUT2D eigenvalue weighted by Crippen LogP contribution is 2.15. The summed E-state index contributed by atoms with van der Waals surface area (Å²) >= 11 is 0. The maximum Gasteiger partial charge on any atom is 0.0954 e. The zero-order valence-electron chi connectivity index (χ0n) is 19.9. The molecule has 154 valence electrons. The van der Waals surface area contributed by atoms with Gasteiger partial charge >= 0.3 is 0 Å². The first-order chi connectivity index (χ1) is 13.1. The predicted molar refractivity (Wildman–Crippen MR) is 127 cm³/mol. The number of aryl methyl sites for hydroxylation is 2. The summed E-state index contributed by atoms with van der Waals surface area (Å²) < 4.78 is 2.18. The number of aromatic nitrogens is 2. The normalized spacial score (nSPS) is 8.70. The Balaban J connectivity index is -0.000000638. The van der Waals surface area contributed by atoms with Crippen molar-refractivity contribution in [2.24, 2.45) is 0 Å². The molecule has 0 unspecified atom stereocenters. The van der Waals surface area contributed by atoms with E-state index in [1.165, 1.54) is 22.4 Å². The minimum Gasteiger partial charge on any atom is -0.330 e. The second-order valence-corrected chi connectivity index (χ2v) is 4.83. The molecular formula is C25H44N2. The molecule has 2 heteroatoms. The first-order valence-electron chi connectivity index (χ1n) is 10.5. The molecule has 2 rings (SSSR count). The number of hydrogen-bond acceptors (Lipinski definition) is 1. The summed E-state index contributed by atoms with van der Waals surface area (Å²) in [5.41, 5.74) is 6.13. The molecule has 2 aromatic rings. The molecule has 0 aliphatic rings. The SMILES string of the molecule is C=C/C=C\c1cc(Cn2cnc(C)c2C)ccc1C.CC.CC.CC.CC. The summed E-state index contributed by atoms with van der Waals surface area (Å²) in [4.78, 5) is 4.34. The Hall–Kier alpha value is -2.09. The number of imidazole rings is 1. The number of hydrogen-bond donors (Lipinski definition) is 0. The van der Waals surface area contributed by atoms with Gasteiger partial charge in [0.25, 0.3) is 0 Å². The molecule has 0 N–H and O–H groups in total. The van der Waals surface area contributed by atoms with Crippen molar-refractivity contribution in [3.63, 3.8) is 0 Å². The van der Waals surface area contributed by atoms with E-state index in [9.17, 15) is 0 Å². The minimum absolute atomic E-state index is 0.863. The van der Waals surface area contributed by atoms with Gasteiger partial charge in [0, 0.05) is 12.2 Å². The molecule has 1 heterocycles. The molecule has 0 spiro atoms. The first-order valence-corrected chi connectivity index (χ1v) is 10.5. The quantitative estimate of drug-likeness (QED) is 0.495. The van der Waals surface area contributed by atoms with Crippen LogP contribution in [0.5, 0.6) is 0 Å². The van der Waals surface area contributed by atoms with Crippen LogP contribution in [0.25, 0.3) is 6.08 Å². The molecule has 0 bridgehead atoms. The van der Waals surface area contributed by atoms with Crippen LogP contribution in [0.15, 0.2) is 43.3 Å². The Bertz CT molecular complexity index is 619. The van der Waals surface area contributed by atoms with Crippen molar-refractivity contribution >= 4 is 6.08 Å². The van der Waals surface area contributed by atoms with Gasteiger partial charge in [0.15, 0.2) is 0 Å². The van der Waals surface area contributed by atoms with E-state index in [1.54, 1.807) is 6.08 Å². The minimum atomic E-state index is 0.863. The summed E-state index contributed by atoms with van der Waals surface area (Å²) in [6.45, 7) is 26.8. The lowest BCUT2D eigenvalue weighted by Gasteiger charge is -2.08.